The SMILES string of the molecule is CCOC(=O)C1=Cc2ccc(C)cc2OC1C(F)(F)F. The number of alkyl halides is 3. The number of ether oxygens (including phenoxy) is 2. The van der Waals surface area contributed by atoms with Gasteiger partial charge in [0, 0.05) is 5.56 Å². The minimum atomic E-state index is -4.68. The smallest absolute Gasteiger partial charge is 0.430 e. The highest BCUT2D eigenvalue weighted by atomic mass is 19.4. The molecule has 1 unspecified atom stereocenters. The summed E-state index contributed by atoms with van der Waals surface area (Å²) in [5, 5.41) is 0. The van der Waals surface area contributed by atoms with E-state index in [4.69, 9.17) is 4.74 Å². The van der Waals surface area contributed by atoms with Crippen LogP contribution in [-0.4, -0.2) is 24.9 Å². The molecule has 0 aromatic heterocycles. The quantitative estimate of drug-likeness (QED) is 0.783. The van der Waals surface area contributed by atoms with Gasteiger partial charge in [-0.25, -0.2) is 4.79 Å². The van der Waals surface area contributed by atoms with E-state index in [0.29, 0.717) is 5.56 Å². The number of aryl methyl sites for hydroxylation is 1. The lowest BCUT2D eigenvalue weighted by molar-refractivity contribution is -0.187. The highest BCUT2D eigenvalue weighted by molar-refractivity contribution is 5.96. The Balaban J connectivity index is 2.47. The molecule has 2 rings (SSSR count). The Labute approximate surface area is 114 Å². The van der Waals surface area contributed by atoms with Crippen LogP contribution in [0, 0.1) is 6.92 Å². The summed E-state index contributed by atoms with van der Waals surface area (Å²) < 4.78 is 48.7. The first kappa shape index (κ1) is 14.4. The lowest BCUT2D eigenvalue weighted by Gasteiger charge is -2.27. The van der Waals surface area contributed by atoms with Crippen LogP contribution < -0.4 is 4.74 Å². The average Bonchev–Trinajstić information content (AvgIpc) is 2.36. The molecule has 0 radical (unpaired) electrons. The first-order valence-electron chi connectivity index (χ1n) is 6.05. The summed E-state index contributed by atoms with van der Waals surface area (Å²) in [6.45, 7) is 3.28. The number of fused-ring (bicyclic) bond motifs is 1. The van der Waals surface area contributed by atoms with Crippen molar-refractivity contribution in [3.8, 4) is 5.75 Å². The fraction of sp³-hybridized carbons (Fsp3) is 0.357. The fourth-order valence-corrected chi connectivity index (χ4v) is 1.92. The second-order valence-corrected chi connectivity index (χ2v) is 4.40. The molecule has 3 nitrogen and oxygen atoms in total. The maximum Gasteiger partial charge on any atom is 0.430 e. The van der Waals surface area contributed by atoms with Gasteiger partial charge in [-0.15, -0.1) is 0 Å². The first-order valence-corrected chi connectivity index (χ1v) is 6.05. The van der Waals surface area contributed by atoms with Crippen LogP contribution in [0.1, 0.15) is 18.1 Å². The van der Waals surface area contributed by atoms with Crippen molar-refractivity contribution < 1.29 is 27.4 Å². The van der Waals surface area contributed by atoms with Gasteiger partial charge in [-0.3, -0.25) is 0 Å². The van der Waals surface area contributed by atoms with E-state index in [9.17, 15) is 18.0 Å². The molecular formula is C14H13F3O3. The van der Waals surface area contributed by atoms with Gasteiger partial charge in [-0.05, 0) is 31.6 Å². The van der Waals surface area contributed by atoms with Gasteiger partial charge in [0.1, 0.15) is 5.75 Å². The van der Waals surface area contributed by atoms with E-state index >= 15 is 0 Å². The summed E-state index contributed by atoms with van der Waals surface area (Å²) >= 11 is 0. The van der Waals surface area contributed by atoms with Gasteiger partial charge in [0.25, 0.3) is 0 Å². The summed E-state index contributed by atoms with van der Waals surface area (Å²) in [7, 11) is 0. The predicted octanol–water partition coefficient (Wildman–Crippen LogP) is 3.26. The molecule has 0 fully saturated rings. The summed E-state index contributed by atoms with van der Waals surface area (Å²) in [5.74, 6) is -0.901. The molecular weight excluding hydrogens is 273 g/mol. The number of carbonyl (C=O) groups is 1. The zero-order valence-corrected chi connectivity index (χ0v) is 11.0. The third-order valence-corrected chi connectivity index (χ3v) is 2.82. The van der Waals surface area contributed by atoms with Gasteiger partial charge in [0.2, 0.25) is 6.10 Å². The Morgan fingerprint density at radius 2 is 2.10 bits per heavy atom. The molecule has 20 heavy (non-hydrogen) atoms. The van der Waals surface area contributed by atoms with Crippen LogP contribution in [0.25, 0.3) is 6.08 Å². The summed E-state index contributed by atoms with van der Waals surface area (Å²) in [4.78, 5) is 11.7. The zero-order valence-electron chi connectivity index (χ0n) is 11.0. The normalized spacial score (nSPS) is 17.9. The molecule has 0 bridgehead atoms. The molecule has 0 spiro atoms. The molecule has 1 heterocycles. The molecule has 1 atom stereocenters. The number of hydrogen-bond acceptors (Lipinski definition) is 3. The van der Waals surface area contributed by atoms with E-state index in [0.717, 1.165) is 5.56 Å². The van der Waals surface area contributed by atoms with Crippen molar-refractivity contribution >= 4 is 12.0 Å². The average molecular weight is 286 g/mol. The van der Waals surface area contributed by atoms with E-state index in [1.807, 2.05) is 0 Å². The molecule has 0 amide bonds. The number of rotatable bonds is 2. The van der Waals surface area contributed by atoms with Crippen LogP contribution >= 0.6 is 0 Å². The first-order chi connectivity index (χ1) is 9.32. The second kappa shape index (κ2) is 5.19. The van der Waals surface area contributed by atoms with E-state index in [-0.39, 0.29) is 12.4 Å². The van der Waals surface area contributed by atoms with E-state index in [1.165, 1.54) is 19.1 Å². The molecule has 0 saturated heterocycles. The monoisotopic (exact) mass is 286 g/mol. The molecule has 6 heteroatoms. The van der Waals surface area contributed by atoms with Gasteiger partial charge < -0.3 is 9.47 Å². The van der Waals surface area contributed by atoms with Crippen LogP contribution in [0.5, 0.6) is 5.75 Å². The van der Waals surface area contributed by atoms with E-state index in [2.05, 4.69) is 4.74 Å². The molecule has 1 aromatic carbocycles. The minimum Gasteiger partial charge on any atom is -0.475 e. The van der Waals surface area contributed by atoms with Gasteiger partial charge in [-0.2, -0.15) is 13.2 Å². The number of carbonyl (C=O) groups excluding carboxylic acids is 1. The Hall–Kier alpha value is -1.98. The Morgan fingerprint density at radius 3 is 2.70 bits per heavy atom. The minimum absolute atomic E-state index is 0.00149. The zero-order chi connectivity index (χ0) is 14.9. The van der Waals surface area contributed by atoms with Crippen LogP contribution in [0.2, 0.25) is 0 Å². The molecule has 1 aliphatic heterocycles. The van der Waals surface area contributed by atoms with Crippen molar-refractivity contribution in [1.82, 2.24) is 0 Å². The standard InChI is InChI=1S/C14H13F3O3/c1-3-19-13(18)10-7-9-5-4-8(2)6-11(9)20-12(10)14(15,16)17/h4-7,12H,3H2,1-2H3. The molecule has 0 saturated carbocycles. The van der Waals surface area contributed by atoms with Crippen molar-refractivity contribution in [3.05, 3.63) is 34.9 Å². The van der Waals surface area contributed by atoms with Gasteiger partial charge in [-0.1, -0.05) is 12.1 Å². The van der Waals surface area contributed by atoms with E-state index in [1.54, 1.807) is 19.1 Å². The third kappa shape index (κ3) is 2.79. The van der Waals surface area contributed by atoms with Crippen molar-refractivity contribution in [3.63, 3.8) is 0 Å². The molecule has 108 valence electrons. The number of esters is 1. The number of hydrogen-bond donors (Lipinski definition) is 0. The molecule has 0 aliphatic carbocycles. The fourth-order valence-electron chi connectivity index (χ4n) is 1.92. The lowest BCUT2D eigenvalue weighted by Crippen LogP contribution is -2.40. The summed E-state index contributed by atoms with van der Waals surface area (Å²) in [5.41, 5.74) is 0.674. The second-order valence-electron chi connectivity index (χ2n) is 4.40. The Morgan fingerprint density at radius 1 is 1.40 bits per heavy atom. The maximum absolute atomic E-state index is 13.0. The van der Waals surface area contributed by atoms with Gasteiger partial charge in [0.05, 0.1) is 12.2 Å². The largest absolute Gasteiger partial charge is 0.475 e. The number of halogens is 3. The highest BCUT2D eigenvalue weighted by Crippen LogP contribution is 2.37. The Bertz CT molecular complexity index is 561. The van der Waals surface area contributed by atoms with Crippen LogP contribution in [-0.2, 0) is 9.53 Å². The van der Waals surface area contributed by atoms with E-state index < -0.39 is 23.8 Å². The van der Waals surface area contributed by atoms with Crippen LogP contribution in [0.4, 0.5) is 13.2 Å². The van der Waals surface area contributed by atoms with Crippen molar-refractivity contribution in [1.29, 1.82) is 0 Å². The lowest BCUT2D eigenvalue weighted by atomic mass is 10.00. The van der Waals surface area contributed by atoms with Crippen LogP contribution in [0.15, 0.2) is 23.8 Å². The predicted molar refractivity (Wildman–Crippen MR) is 66.3 cm³/mol. The topological polar surface area (TPSA) is 35.5 Å². The van der Waals surface area contributed by atoms with Crippen molar-refractivity contribution in [2.45, 2.75) is 26.1 Å². The van der Waals surface area contributed by atoms with Crippen molar-refractivity contribution in [2.24, 2.45) is 0 Å². The molecule has 1 aliphatic rings. The summed E-state index contributed by atoms with van der Waals surface area (Å²) in [6, 6.07) is 4.85. The molecule has 1 aromatic rings. The maximum atomic E-state index is 13.0. The van der Waals surface area contributed by atoms with Crippen molar-refractivity contribution in [2.75, 3.05) is 6.61 Å². The highest BCUT2D eigenvalue weighted by Gasteiger charge is 2.48. The third-order valence-electron chi connectivity index (χ3n) is 2.82. The van der Waals surface area contributed by atoms with Gasteiger partial charge in [0.15, 0.2) is 0 Å². The number of benzene rings is 1. The van der Waals surface area contributed by atoms with Gasteiger partial charge >= 0.3 is 12.1 Å². The molecule has 0 N–H and O–H groups in total. The van der Waals surface area contributed by atoms with Crippen LogP contribution in [0.3, 0.4) is 0 Å². The Kier molecular flexibility index (Phi) is 3.74. The summed E-state index contributed by atoms with van der Waals surface area (Å²) in [6.07, 6.45) is -5.80.